The number of nitrogens with one attached hydrogen (secondary N) is 2. The minimum absolute atomic E-state index is 0.181. The molecule has 2 amide bonds. The van der Waals surface area contributed by atoms with Crippen molar-refractivity contribution in [1.82, 2.24) is 10.6 Å². The van der Waals surface area contributed by atoms with Crippen LogP contribution in [0.5, 0.6) is 0 Å². The smallest absolute Gasteiger partial charge is 0.329 e. The molecule has 2 rings (SSSR count). The summed E-state index contributed by atoms with van der Waals surface area (Å²) in [7, 11) is 0. The lowest BCUT2D eigenvalue weighted by molar-refractivity contribution is -0.140. The Kier molecular flexibility index (Phi) is 4.04. The molecule has 0 spiro atoms. The first-order valence-corrected chi connectivity index (χ1v) is 7.69. The maximum absolute atomic E-state index is 11.8. The molecule has 0 heterocycles. The van der Waals surface area contributed by atoms with Crippen molar-refractivity contribution < 1.29 is 14.7 Å². The molecule has 6 heteroatoms. The second-order valence-corrected chi connectivity index (χ2v) is 6.35. The summed E-state index contributed by atoms with van der Waals surface area (Å²) in [6.45, 7) is 0. The Balaban J connectivity index is 1.79. The highest BCUT2D eigenvalue weighted by molar-refractivity contribution is 7.99. The fraction of sp³-hybridized carbons (Fsp3) is 0.833. The van der Waals surface area contributed by atoms with E-state index in [4.69, 9.17) is 5.11 Å². The molecule has 102 valence electrons. The third-order valence-electron chi connectivity index (χ3n) is 3.81. The van der Waals surface area contributed by atoms with Crippen LogP contribution in [-0.4, -0.2) is 40.2 Å². The molecule has 0 aromatic heterocycles. The van der Waals surface area contributed by atoms with Crippen molar-refractivity contribution >= 4 is 23.8 Å². The van der Waals surface area contributed by atoms with Gasteiger partial charge in [-0.15, -0.1) is 0 Å². The molecule has 18 heavy (non-hydrogen) atoms. The van der Waals surface area contributed by atoms with Gasteiger partial charge < -0.3 is 15.7 Å². The van der Waals surface area contributed by atoms with Gasteiger partial charge >= 0.3 is 12.0 Å². The number of amides is 2. The number of carboxylic acid groups (broad SMARTS) is 1. The SMILES string of the molecule is CSC1CCCC(NC(=O)NC2(C(=O)O)CC2)C1. The van der Waals surface area contributed by atoms with Crippen LogP contribution in [0.15, 0.2) is 0 Å². The number of hydrogen-bond donors (Lipinski definition) is 3. The Morgan fingerprint density at radius 2 is 2.06 bits per heavy atom. The lowest BCUT2D eigenvalue weighted by Crippen LogP contribution is -2.51. The zero-order valence-corrected chi connectivity index (χ0v) is 11.4. The summed E-state index contributed by atoms with van der Waals surface area (Å²) >= 11 is 1.84. The van der Waals surface area contributed by atoms with E-state index in [1.807, 2.05) is 11.8 Å². The monoisotopic (exact) mass is 272 g/mol. The second kappa shape index (κ2) is 5.38. The van der Waals surface area contributed by atoms with Crippen LogP contribution in [0.2, 0.25) is 0 Å². The van der Waals surface area contributed by atoms with Crippen molar-refractivity contribution in [2.45, 2.75) is 55.4 Å². The molecule has 0 saturated heterocycles. The molecule has 0 aromatic carbocycles. The standard InChI is InChI=1S/C12H20N2O3S/c1-18-9-4-2-3-8(7-9)13-11(17)14-12(5-6-12)10(15)16/h8-9H,2-7H2,1H3,(H,15,16)(H2,13,14,17). The summed E-state index contributed by atoms with van der Waals surface area (Å²) in [5, 5.41) is 15.1. The van der Waals surface area contributed by atoms with Crippen molar-refractivity contribution in [1.29, 1.82) is 0 Å². The topological polar surface area (TPSA) is 78.4 Å². The number of thioether (sulfide) groups is 1. The Labute approximate surface area is 111 Å². The third-order valence-corrected chi connectivity index (χ3v) is 4.90. The summed E-state index contributed by atoms with van der Waals surface area (Å²) in [5.74, 6) is -0.928. The molecule has 2 atom stereocenters. The lowest BCUT2D eigenvalue weighted by atomic mass is 9.95. The van der Waals surface area contributed by atoms with Gasteiger partial charge in [0.15, 0.2) is 0 Å². The summed E-state index contributed by atoms with van der Waals surface area (Å²) in [4.78, 5) is 22.7. The van der Waals surface area contributed by atoms with Gasteiger partial charge in [-0.25, -0.2) is 9.59 Å². The van der Waals surface area contributed by atoms with E-state index in [1.165, 1.54) is 6.42 Å². The van der Waals surface area contributed by atoms with Crippen LogP contribution in [0, 0.1) is 0 Å². The van der Waals surface area contributed by atoms with E-state index in [0.29, 0.717) is 18.1 Å². The molecule has 0 aliphatic heterocycles. The van der Waals surface area contributed by atoms with Gasteiger partial charge in [0.05, 0.1) is 0 Å². The molecule has 2 fully saturated rings. The highest BCUT2D eigenvalue weighted by Crippen LogP contribution is 2.35. The molecular formula is C12H20N2O3S. The van der Waals surface area contributed by atoms with Crippen LogP contribution >= 0.6 is 11.8 Å². The minimum atomic E-state index is -0.988. The first-order chi connectivity index (χ1) is 8.55. The molecular weight excluding hydrogens is 252 g/mol. The molecule has 3 N–H and O–H groups in total. The Morgan fingerprint density at radius 1 is 1.33 bits per heavy atom. The highest BCUT2D eigenvalue weighted by Gasteiger charge is 2.51. The summed E-state index contributed by atoms with van der Waals surface area (Å²) in [6, 6.07) is -0.151. The largest absolute Gasteiger partial charge is 0.480 e. The van der Waals surface area contributed by atoms with Gasteiger partial charge in [-0.05, 0) is 38.4 Å². The number of carboxylic acids is 1. The van der Waals surface area contributed by atoms with Crippen LogP contribution in [0.3, 0.4) is 0 Å². The number of hydrogen-bond acceptors (Lipinski definition) is 3. The predicted molar refractivity (Wildman–Crippen MR) is 70.8 cm³/mol. The quantitative estimate of drug-likeness (QED) is 0.726. The maximum atomic E-state index is 11.8. The number of urea groups is 1. The Morgan fingerprint density at radius 3 is 2.61 bits per heavy atom. The van der Waals surface area contributed by atoms with Crippen molar-refractivity contribution in [2.75, 3.05) is 6.26 Å². The molecule has 2 aliphatic carbocycles. The maximum Gasteiger partial charge on any atom is 0.329 e. The van der Waals surface area contributed by atoms with E-state index in [1.54, 1.807) is 0 Å². The van der Waals surface area contributed by atoms with Gasteiger partial charge in [-0.3, -0.25) is 0 Å². The molecule has 0 radical (unpaired) electrons. The molecule has 2 saturated carbocycles. The number of carbonyl (C=O) groups is 2. The van der Waals surface area contributed by atoms with E-state index in [-0.39, 0.29) is 12.1 Å². The van der Waals surface area contributed by atoms with E-state index in [9.17, 15) is 9.59 Å². The Hall–Kier alpha value is -0.910. The molecule has 0 aromatic rings. The number of carbonyl (C=O) groups excluding carboxylic acids is 1. The fourth-order valence-corrected chi connectivity index (χ4v) is 3.27. The van der Waals surface area contributed by atoms with Crippen LogP contribution in [-0.2, 0) is 4.79 Å². The minimum Gasteiger partial charge on any atom is -0.480 e. The van der Waals surface area contributed by atoms with E-state index < -0.39 is 11.5 Å². The van der Waals surface area contributed by atoms with E-state index in [0.717, 1.165) is 19.3 Å². The van der Waals surface area contributed by atoms with E-state index in [2.05, 4.69) is 16.9 Å². The predicted octanol–water partition coefficient (Wildman–Crippen LogP) is 1.58. The first kappa shape index (κ1) is 13.5. The van der Waals surface area contributed by atoms with Crippen molar-refractivity contribution in [2.24, 2.45) is 0 Å². The van der Waals surface area contributed by atoms with E-state index >= 15 is 0 Å². The normalized spacial score (nSPS) is 29.4. The van der Waals surface area contributed by atoms with Crippen LogP contribution < -0.4 is 10.6 Å². The van der Waals surface area contributed by atoms with Crippen molar-refractivity contribution in [3.05, 3.63) is 0 Å². The summed E-state index contributed by atoms with van der Waals surface area (Å²) in [5.41, 5.74) is -0.988. The second-order valence-electron chi connectivity index (χ2n) is 5.21. The number of rotatable bonds is 4. The molecule has 2 unspecified atom stereocenters. The van der Waals surface area contributed by atoms with Gasteiger partial charge in [0.1, 0.15) is 5.54 Å². The zero-order valence-electron chi connectivity index (χ0n) is 10.6. The van der Waals surface area contributed by atoms with Gasteiger partial charge in [-0.1, -0.05) is 6.42 Å². The average Bonchev–Trinajstić information content (AvgIpc) is 3.10. The summed E-state index contributed by atoms with van der Waals surface area (Å²) < 4.78 is 0. The highest BCUT2D eigenvalue weighted by atomic mass is 32.2. The first-order valence-electron chi connectivity index (χ1n) is 6.40. The fourth-order valence-electron chi connectivity index (χ4n) is 2.45. The van der Waals surface area contributed by atoms with Crippen molar-refractivity contribution in [3.8, 4) is 0 Å². The van der Waals surface area contributed by atoms with Crippen LogP contribution in [0.4, 0.5) is 4.79 Å². The van der Waals surface area contributed by atoms with Crippen LogP contribution in [0.25, 0.3) is 0 Å². The average molecular weight is 272 g/mol. The number of aliphatic carboxylic acids is 1. The Bertz CT molecular complexity index is 344. The lowest BCUT2D eigenvalue weighted by Gasteiger charge is -2.29. The van der Waals surface area contributed by atoms with Crippen molar-refractivity contribution in [3.63, 3.8) is 0 Å². The molecule has 0 bridgehead atoms. The van der Waals surface area contributed by atoms with Gasteiger partial charge in [-0.2, -0.15) is 11.8 Å². The zero-order chi connectivity index (χ0) is 13.2. The summed E-state index contributed by atoms with van der Waals surface area (Å²) in [6.07, 6.45) is 7.47. The van der Waals surface area contributed by atoms with Gasteiger partial charge in [0.2, 0.25) is 0 Å². The van der Waals surface area contributed by atoms with Crippen LogP contribution in [0.1, 0.15) is 38.5 Å². The van der Waals surface area contributed by atoms with Gasteiger partial charge in [0.25, 0.3) is 0 Å². The molecule has 2 aliphatic rings. The van der Waals surface area contributed by atoms with Gasteiger partial charge in [0, 0.05) is 11.3 Å². The molecule has 5 nitrogen and oxygen atoms in total. The third kappa shape index (κ3) is 3.10.